The van der Waals surface area contributed by atoms with Crippen LogP contribution < -0.4 is 15.4 Å². The lowest BCUT2D eigenvalue weighted by Crippen LogP contribution is -2.37. The highest BCUT2D eigenvalue weighted by Gasteiger charge is 2.23. The second-order valence-electron chi connectivity index (χ2n) is 6.09. The lowest BCUT2D eigenvalue weighted by molar-refractivity contribution is 0.231. The van der Waals surface area contributed by atoms with E-state index < -0.39 is 0 Å². The number of nitrogen functional groups attached to an aromatic ring is 1. The molecule has 1 fully saturated rings. The van der Waals surface area contributed by atoms with Gasteiger partial charge in [0.1, 0.15) is 0 Å². The summed E-state index contributed by atoms with van der Waals surface area (Å²) in [5, 5.41) is 0. The highest BCUT2D eigenvalue weighted by atomic mass is 19.1. The average molecular weight is 294 g/mol. The van der Waals surface area contributed by atoms with Gasteiger partial charge in [-0.1, -0.05) is 19.3 Å². The van der Waals surface area contributed by atoms with Crippen LogP contribution in [0, 0.1) is 5.82 Å². The van der Waals surface area contributed by atoms with Gasteiger partial charge < -0.3 is 15.4 Å². The molecule has 1 saturated carbocycles. The van der Waals surface area contributed by atoms with Gasteiger partial charge in [0.05, 0.1) is 17.5 Å². The van der Waals surface area contributed by atoms with Crippen molar-refractivity contribution >= 4 is 11.4 Å². The molecular formula is C17H27FN2O. The molecule has 0 atom stereocenters. The van der Waals surface area contributed by atoms with Gasteiger partial charge in [0, 0.05) is 24.7 Å². The molecule has 4 heteroatoms. The number of rotatable bonds is 5. The fraction of sp³-hybridized carbons (Fsp3) is 0.647. The molecule has 1 aromatic carbocycles. The van der Waals surface area contributed by atoms with Crippen LogP contribution in [-0.2, 0) is 0 Å². The molecule has 0 amide bonds. The second kappa shape index (κ2) is 7.01. The summed E-state index contributed by atoms with van der Waals surface area (Å²) >= 11 is 0. The Kier molecular flexibility index (Phi) is 5.32. The van der Waals surface area contributed by atoms with E-state index >= 15 is 0 Å². The van der Waals surface area contributed by atoms with Gasteiger partial charge in [0.25, 0.3) is 0 Å². The number of halogens is 1. The van der Waals surface area contributed by atoms with E-state index in [1.54, 1.807) is 6.07 Å². The summed E-state index contributed by atoms with van der Waals surface area (Å²) < 4.78 is 19.5. The van der Waals surface area contributed by atoms with Crippen LogP contribution in [0.4, 0.5) is 15.8 Å². The molecule has 0 radical (unpaired) electrons. The minimum Gasteiger partial charge on any atom is -0.488 e. The molecule has 21 heavy (non-hydrogen) atoms. The van der Waals surface area contributed by atoms with Crippen molar-refractivity contribution in [1.82, 2.24) is 0 Å². The first kappa shape index (κ1) is 15.9. The van der Waals surface area contributed by atoms with Gasteiger partial charge in [-0.2, -0.15) is 0 Å². The Balaban J connectivity index is 2.30. The smallest absolute Gasteiger partial charge is 0.167 e. The zero-order chi connectivity index (χ0) is 15.4. The quantitative estimate of drug-likeness (QED) is 0.820. The number of ether oxygens (including phenoxy) is 1. The summed E-state index contributed by atoms with van der Waals surface area (Å²) in [6.45, 7) is 6.80. The molecule has 0 aromatic heterocycles. The molecule has 118 valence electrons. The lowest BCUT2D eigenvalue weighted by atomic mass is 9.93. The van der Waals surface area contributed by atoms with Crippen molar-refractivity contribution in [2.45, 2.75) is 65.0 Å². The number of hydrogen-bond acceptors (Lipinski definition) is 3. The third kappa shape index (κ3) is 3.80. The molecule has 2 N–H and O–H groups in total. The first-order chi connectivity index (χ1) is 10.0. The first-order valence-corrected chi connectivity index (χ1v) is 8.05. The van der Waals surface area contributed by atoms with Crippen LogP contribution in [0.15, 0.2) is 12.1 Å². The predicted molar refractivity (Wildman–Crippen MR) is 86.5 cm³/mol. The number of anilines is 2. The molecule has 0 aliphatic heterocycles. The summed E-state index contributed by atoms with van der Waals surface area (Å²) in [5.74, 6) is -0.0897. The van der Waals surface area contributed by atoms with E-state index in [0.29, 0.717) is 17.5 Å². The summed E-state index contributed by atoms with van der Waals surface area (Å²) in [6, 6.07) is 3.66. The van der Waals surface area contributed by atoms with Crippen LogP contribution >= 0.6 is 0 Å². The van der Waals surface area contributed by atoms with Crippen molar-refractivity contribution in [3.05, 3.63) is 17.9 Å². The van der Waals surface area contributed by atoms with Gasteiger partial charge >= 0.3 is 0 Å². The number of nitrogens with zero attached hydrogens (tertiary/aromatic N) is 1. The van der Waals surface area contributed by atoms with Crippen LogP contribution in [0.5, 0.6) is 5.75 Å². The third-order valence-electron chi connectivity index (χ3n) is 4.11. The molecule has 0 saturated heterocycles. The van der Waals surface area contributed by atoms with Crippen LogP contribution in [0.1, 0.15) is 52.9 Å². The van der Waals surface area contributed by atoms with Crippen molar-refractivity contribution in [2.24, 2.45) is 0 Å². The number of hydrogen-bond donors (Lipinski definition) is 1. The molecular weight excluding hydrogens is 267 g/mol. The topological polar surface area (TPSA) is 38.5 Å². The van der Waals surface area contributed by atoms with Gasteiger partial charge in [0.2, 0.25) is 0 Å². The highest BCUT2D eigenvalue weighted by Crippen LogP contribution is 2.35. The Bertz CT molecular complexity index is 470. The fourth-order valence-corrected chi connectivity index (χ4v) is 3.17. The van der Waals surface area contributed by atoms with Gasteiger partial charge in [-0.25, -0.2) is 4.39 Å². The van der Waals surface area contributed by atoms with Crippen molar-refractivity contribution in [1.29, 1.82) is 0 Å². The molecule has 2 rings (SSSR count). The lowest BCUT2D eigenvalue weighted by Gasteiger charge is -2.36. The molecule has 0 bridgehead atoms. The van der Waals surface area contributed by atoms with E-state index in [2.05, 4.69) is 11.8 Å². The molecule has 3 nitrogen and oxygen atoms in total. The average Bonchev–Trinajstić information content (AvgIpc) is 2.45. The van der Waals surface area contributed by atoms with Gasteiger partial charge in [-0.15, -0.1) is 0 Å². The monoisotopic (exact) mass is 294 g/mol. The summed E-state index contributed by atoms with van der Waals surface area (Å²) in [5.41, 5.74) is 7.47. The van der Waals surface area contributed by atoms with E-state index in [-0.39, 0.29) is 11.9 Å². The maximum atomic E-state index is 14.0. The van der Waals surface area contributed by atoms with Gasteiger partial charge in [-0.3, -0.25) is 0 Å². The Morgan fingerprint density at radius 3 is 2.52 bits per heavy atom. The van der Waals surface area contributed by atoms with Crippen LogP contribution in [0.3, 0.4) is 0 Å². The van der Waals surface area contributed by atoms with E-state index in [1.807, 2.05) is 13.8 Å². The molecule has 1 aromatic rings. The van der Waals surface area contributed by atoms with E-state index in [4.69, 9.17) is 10.5 Å². The normalized spacial score (nSPS) is 16.2. The standard InChI is InChI=1S/C17H27FN2O/c1-4-20(13-8-6-5-7-9-13)16-11-17(21-12(2)3)14(18)10-15(16)19/h10-13H,4-9,19H2,1-3H3. The summed E-state index contributed by atoms with van der Waals surface area (Å²) in [4.78, 5) is 2.31. The number of nitrogens with two attached hydrogens (primary N) is 1. The molecule has 0 heterocycles. The zero-order valence-corrected chi connectivity index (χ0v) is 13.4. The maximum absolute atomic E-state index is 14.0. The minimum atomic E-state index is -0.385. The third-order valence-corrected chi connectivity index (χ3v) is 4.11. The highest BCUT2D eigenvalue weighted by molar-refractivity contribution is 5.70. The SMILES string of the molecule is CCN(c1cc(OC(C)C)c(F)cc1N)C1CCCCC1. The van der Waals surface area contributed by atoms with E-state index in [9.17, 15) is 4.39 Å². The van der Waals surface area contributed by atoms with Crippen LogP contribution in [-0.4, -0.2) is 18.7 Å². The van der Waals surface area contributed by atoms with Crippen molar-refractivity contribution < 1.29 is 9.13 Å². The molecule has 1 aliphatic rings. The van der Waals surface area contributed by atoms with Crippen LogP contribution in [0.25, 0.3) is 0 Å². The Morgan fingerprint density at radius 2 is 1.95 bits per heavy atom. The predicted octanol–water partition coefficient (Wildman–Crippen LogP) is 4.35. The number of benzene rings is 1. The fourth-order valence-electron chi connectivity index (χ4n) is 3.17. The zero-order valence-electron chi connectivity index (χ0n) is 13.4. The molecule has 0 spiro atoms. The van der Waals surface area contributed by atoms with Crippen molar-refractivity contribution in [3.63, 3.8) is 0 Å². The first-order valence-electron chi connectivity index (χ1n) is 8.05. The molecule has 1 aliphatic carbocycles. The Labute approximate surface area is 127 Å². The Hall–Kier alpha value is -1.45. The summed E-state index contributed by atoms with van der Waals surface area (Å²) in [7, 11) is 0. The Morgan fingerprint density at radius 1 is 1.29 bits per heavy atom. The molecule has 0 unspecified atom stereocenters. The van der Waals surface area contributed by atoms with Crippen molar-refractivity contribution in [3.8, 4) is 5.75 Å². The maximum Gasteiger partial charge on any atom is 0.167 e. The van der Waals surface area contributed by atoms with E-state index in [0.717, 1.165) is 12.2 Å². The minimum absolute atomic E-state index is 0.0549. The summed E-state index contributed by atoms with van der Waals surface area (Å²) in [6.07, 6.45) is 6.15. The largest absolute Gasteiger partial charge is 0.488 e. The van der Waals surface area contributed by atoms with Crippen molar-refractivity contribution in [2.75, 3.05) is 17.2 Å². The van der Waals surface area contributed by atoms with Crippen LogP contribution in [0.2, 0.25) is 0 Å². The van der Waals surface area contributed by atoms with Gasteiger partial charge in [0.15, 0.2) is 11.6 Å². The van der Waals surface area contributed by atoms with Gasteiger partial charge in [-0.05, 0) is 33.6 Å². The van der Waals surface area contributed by atoms with E-state index in [1.165, 1.54) is 38.2 Å². The second-order valence-corrected chi connectivity index (χ2v) is 6.09.